The Bertz CT molecular complexity index is 644. The van der Waals surface area contributed by atoms with Gasteiger partial charge in [-0.1, -0.05) is 18.6 Å². The highest BCUT2D eigenvalue weighted by Crippen LogP contribution is 2.41. The first-order chi connectivity index (χ1) is 10.2. The summed E-state index contributed by atoms with van der Waals surface area (Å²) in [5.41, 5.74) is 0.734. The largest absolute Gasteiger partial charge is 0.476 e. The van der Waals surface area contributed by atoms with E-state index in [0.717, 1.165) is 32.2 Å². The number of nitrogens with zero attached hydrogens (tertiary/aromatic N) is 7. The number of carboxylic acids is 1. The molecule has 0 bridgehead atoms. The second-order valence-electron chi connectivity index (χ2n) is 5.23. The van der Waals surface area contributed by atoms with E-state index < -0.39 is 5.97 Å². The van der Waals surface area contributed by atoms with Gasteiger partial charge in [0.1, 0.15) is 6.54 Å². The molecule has 0 spiro atoms. The molecular weight excluding hydrogens is 274 g/mol. The molecule has 0 amide bonds. The fourth-order valence-corrected chi connectivity index (χ4v) is 2.30. The first kappa shape index (κ1) is 13.7. The van der Waals surface area contributed by atoms with Gasteiger partial charge in [-0.2, -0.15) is 0 Å². The van der Waals surface area contributed by atoms with Gasteiger partial charge >= 0.3 is 5.97 Å². The maximum Gasteiger partial charge on any atom is 0.358 e. The predicted octanol–water partition coefficient (Wildman–Crippen LogP) is 0.689. The predicted molar refractivity (Wildman–Crippen MR) is 70.8 cm³/mol. The van der Waals surface area contributed by atoms with Crippen LogP contribution in [-0.4, -0.2) is 46.3 Å². The third-order valence-corrected chi connectivity index (χ3v) is 3.56. The molecule has 2 aromatic rings. The topological polar surface area (TPSA) is 112 Å². The first-order valence-corrected chi connectivity index (χ1v) is 7.12. The van der Waals surface area contributed by atoms with Crippen LogP contribution in [0, 0.1) is 0 Å². The lowest BCUT2D eigenvalue weighted by atomic mass is 10.2. The van der Waals surface area contributed by atoms with Crippen LogP contribution in [0.25, 0.3) is 0 Å². The van der Waals surface area contributed by atoms with E-state index in [4.69, 9.17) is 0 Å². The Kier molecular flexibility index (Phi) is 3.63. The Hall–Kier alpha value is -2.32. The molecule has 1 aliphatic rings. The van der Waals surface area contributed by atoms with Crippen molar-refractivity contribution in [1.82, 2.24) is 35.2 Å². The molecule has 112 valence electrons. The number of aryl methyl sites for hydroxylation is 1. The van der Waals surface area contributed by atoms with Crippen molar-refractivity contribution in [2.75, 3.05) is 0 Å². The van der Waals surface area contributed by atoms with E-state index in [9.17, 15) is 9.90 Å². The number of carboxylic acid groups (broad SMARTS) is 1. The average Bonchev–Trinajstić information content (AvgIpc) is 3.06. The number of hydrogen-bond donors (Lipinski definition) is 1. The van der Waals surface area contributed by atoms with Crippen LogP contribution in [0.4, 0.5) is 0 Å². The van der Waals surface area contributed by atoms with Crippen LogP contribution in [0.2, 0.25) is 0 Å². The molecule has 0 aliphatic heterocycles. The molecule has 3 rings (SSSR count). The summed E-state index contributed by atoms with van der Waals surface area (Å²) in [4.78, 5) is 11.2. The number of aromatic nitrogens is 7. The van der Waals surface area contributed by atoms with Crippen molar-refractivity contribution in [3.8, 4) is 0 Å². The normalized spacial score (nSPS) is 14.5. The van der Waals surface area contributed by atoms with E-state index in [0.29, 0.717) is 18.1 Å². The van der Waals surface area contributed by atoms with Gasteiger partial charge < -0.3 is 5.11 Å². The summed E-state index contributed by atoms with van der Waals surface area (Å²) >= 11 is 0. The summed E-state index contributed by atoms with van der Waals surface area (Å²) in [5.74, 6) is -0.119. The second kappa shape index (κ2) is 5.58. The van der Waals surface area contributed by atoms with Crippen molar-refractivity contribution in [2.24, 2.45) is 0 Å². The molecule has 0 unspecified atom stereocenters. The number of carbonyl (C=O) groups is 1. The summed E-state index contributed by atoms with van der Waals surface area (Å²) in [5, 5.41) is 28.6. The highest BCUT2D eigenvalue weighted by atomic mass is 16.4. The molecule has 2 aromatic heterocycles. The quantitative estimate of drug-likeness (QED) is 0.798. The van der Waals surface area contributed by atoms with Crippen LogP contribution >= 0.6 is 0 Å². The molecular formula is C12H17N7O2. The van der Waals surface area contributed by atoms with Crippen LogP contribution < -0.4 is 0 Å². The minimum atomic E-state index is -1.03. The number of unbranched alkanes of at least 4 members (excludes halogenated alkanes) is 1. The Morgan fingerprint density at radius 1 is 1.29 bits per heavy atom. The van der Waals surface area contributed by atoms with E-state index in [1.807, 2.05) is 0 Å². The fourth-order valence-electron chi connectivity index (χ4n) is 2.30. The van der Waals surface area contributed by atoms with Crippen LogP contribution in [0.3, 0.4) is 0 Å². The SMILES string of the molecule is CCCCn1nnnc1Cn1nnc(C(=O)O)c1C1CC1. The molecule has 1 fully saturated rings. The maximum atomic E-state index is 11.2. The van der Waals surface area contributed by atoms with Crippen LogP contribution in [0.1, 0.15) is 60.5 Å². The fraction of sp³-hybridized carbons (Fsp3) is 0.667. The molecule has 9 heteroatoms. The minimum absolute atomic E-state index is 0.0464. The van der Waals surface area contributed by atoms with Gasteiger partial charge in [0.15, 0.2) is 11.5 Å². The third kappa shape index (κ3) is 2.76. The highest BCUT2D eigenvalue weighted by Gasteiger charge is 2.34. The Morgan fingerprint density at radius 2 is 2.10 bits per heavy atom. The standard InChI is InChI=1S/C12H17N7O2/c1-2-3-6-18-9(13-15-17-18)7-19-11(8-4-5-8)10(12(20)21)14-16-19/h8H,2-7H2,1H3,(H,20,21). The highest BCUT2D eigenvalue weighted by molar-refractivity contribution is 5.86. The number of hydrogen-bond acceptors (Lipinski definition) is 6. The van der Waals surface area contributed by atoms with E-state index >= 15 is 0 Å². The van der Waals surface area contributed by atoms with Crippen molar-refractivity contribution in [3.63, 3.8) is 0 Å². The van der Waals surface area contributed by atoms with Gasteiger partial charge in [-0.25, -0.2) is 14.2 Å². The number of aromatic carboxylic acids is 1. The minimum Gasteiger partial charge on any atom is -0.476 e. The van der Waals surface area contributed by atoms with Crippen molar-refractivity contribution < 1.29 is 9.90 Å². The van der Waals surface area contributed by atoms with Crippen molar-refractivity contribution in [1.29, 1.82) is 0 Å². The van der Waals surface area contributed by atoms with E-state index in [2.05, 4.69) is 32.8 Å². The molecule has 1 aliphatic carbocycles. The summed E-state index contributed by atoms with van der Waals surface area (Å²) < 4.78 is 3.36. The van der Waals surface area contributed by atoms with Crippen LogP contribution in [0.15, 0.2) is 0 Å². The zero-order chi connectivity index (χ0) is 14.8. The van der Waals surface area contributed by atoms with Gasteiger partial charge in [0.05, 0.1) is 5.69 Å². The summed E-state index contributed by atoms with van der Waals surface area (Å²) in [6.07, 6.45) is 4.01. The van der Waals surface area contributed by atoms with Gasteiger partial charge in [0, 0.05) is 12.5 Å². The van der Waals surface area contributed by atoms with Gasteiger partial charge in [0.25, 0.3) is 0 Å². The first-order valence-electron chi connectivity index (χ1n) is 7.12. The molecule has 0 saturated heterocycles. The molecule has 21 heavy (non-hydrogen) atoms. The van der Waals surface area contributed by atoms with Crippen molar-refractivity contribution >= 4 is 5.97 Å². The zero-order valence-electron chi connectivity index (χ0n) is 11.8. The van der Waals surface area contributed by atoms with Crippen molar-refractivity contribution in [2.45, 2.75) is 51.6 Å². The maximum absolute atomic E-state index is 11.2. The van der Waals surface area contributed by atoms with Gasteiger partial charge in [-0.3, -0.25) is 0 Å². The van der Waals surface area contributed by atoms with Crippen molar-refractivity contribution in [3.05, 3.63) is 17.2 Å². The summed E-state index contributed by atoms with van der Waals surface area (Å²) in [6, 6.07) is 0. The lowest BCUT2D eigenvalue weighted by Crippen LogP contribution is -2.14. The molecule has 1 N–H and O–H groups in total. The van der Waals surface area contributed by atoms with Gasteiger partial charge in [-0.15, -0.1) is 10.2 Å². The molecule has 9 nitrogen and oxygen atoms in total. The average molecular weight is 291 g/mol. The Morgan fingerprint density at radius 3 is 2.76 bits per heavy atom. The van der Waals surface area contributed by atoms with E-state index in [1.165, 1.54) is 0 Å². The lowest BCUT2D eigenvalue weighted by molar-refractivity contribution is 0.0689. The van der Waals surface area contributed by atoms with Crippen LogP contribution in [0.5, 0.6) is 0 Å². The van der Waals surface area contributed by atoms with Crippen LogP contribution in [-0.2, 0) is 13.1 Å². The van der Waals surface area contributed by atoms with E-state index in [-0.39, 0.29) is 11.6 Å². The molecule has 0 radical (unpaired) electrons. The monoisotopic (exact) mass is 291 g/mol. The summed E-state index contributed by atoms with van der Waals surface area (Å²) in [6.45, 7) is 3.20. The van der Waals surface area contributed by atoms with E-state index in [1.54, 1.807) is 9.36 Å². The molecule has 0 atom stereocenters. The summed E-state index contributed by atoms with van der Waals surface area (Å²) in [7, 11) is 0. The van der Waals surface area contributed by atoms with Gasteiger partial charge in [0.2, 0.25) is 0 Å². The lowest BCUT2D eigenvalue weighted by Gasteiger charge is -2.06. The second-order valence-corrected chi connectivity index (χ2v) is 5.23. The number of rotatable bonds is 7. The molecule has 2 heterocycles. The Balaban J connectivity index is 1.85. The Labute approximate surface area is 121 Å². The third-order valence-electron chi connectivity index (χ3n) is 3.56. The number of tetrazole rings is 1. The van der Waals surface area contributed by atoms with Gasteiger partial charge in [-0.05, 0) is 29.7 Å². The molecule has 0 aromatic carbocycles. The molecule has 1 saturated carbocycles. The smallest absolute Gasteiger partial charge is 0.358 e. The zero-order valence-corrected chi connectivity index (χ0v) is 11.8.